The summed E-state index contributed by atoms with van der Waals surface area (Å²) in [6, 6.07) is 3.64. The number of nitrogen functional groups attached to an aromatic ring is 1. The summed E-state index contributed by atoms with van der Waals surface area (Å²) >= 11 is 0. The molecule has 0 aromatic carbocycles. The van der Waals surface area contributed by atoms with Crippen LogP contribution in [0.25, 0.3) is 0 Å². The SMILES string of the molecule is Cc1nn(C)cc1CNc1ccc(N)c(OC(C)C)n1. The molecule has 2 aromatic rings. The van der Waals surface area contributed by atoms with Crippen molar-refractivity contribution in [1.82, 2.24) is 14.8 Å². The summed E-state index contributed by atoms with van der Waals surface area (Å²) in [5.41, 5.74) is 8.53. The standard InChI is InChI=1S/C14H21N5O/c1-9(2)20-14-12(15)5-6-13(17-14)16-7-11-8-19(4)18-10(11)3/h5-6,8-9H,7,15H2,1-4H3,(H,16,17). The number of nitrogens with zero attached hydrogens (tertiary/aromatic N) is 3. The Balaban J connectivity index is 2.08. The van der Waals surface area contributed by atoms with Gasteiger partial charge in [0.05, 0.1) is 17.5 Å². The van der Waals surface area contributed by atoms with Crippen LogP contribution in [0.15, 0.2) is 18.3 Å². The molecule has 6 nitrogen and oxygen atoms in total. The molecule has 0 amide bonds. The lowest BCUT2D eigenvalue weighted by atomic mass is 10.2. The molecule has 108 valence electrons. The van der Waals surface area contributed by atoms with Crippen LogP contribution in [0.4, 0.5) is 11.5 Å². The molecular formula is C14H21N5O. The number of nitrogens with two attached hydrogens (primary N) is 1. The first-order chi connectivity index (χ1) is 9.45. The van der Waals surface area contributed by atoms with E-state index in [-0.39, 0.29) is 6.10 Å². The van der Waals surface area contributed by atoms with Crippen molar-refractivity contribution in [1.29, 1.82) is 0 Å². The van der Waals surface area contributed by atoms with Crippen LogP contribution in [0.5, 0.6) is 5.88 Å². The summed E-state index contributed by atoms with van der Waals surface area (Å²) in [5.74, 6) is 1.20. The molecule has 0 radical (unpaired) electrons. The zero-order valence-electron chi connectivity index (χ0n) is 12.3. The van der Waals surface area contributed by atoms with Gasteiger partial charge in [0.15, 0.2) is 0 Å². The molecule has 2 heterocycles. The van der Waals surface area contributed by atoms with Crippen molar-refractivity contribution in [2.75, 3.05) is 11.1 Å². The molecule has 2 rings (SSSR count). The second-order valence-corrected chi connectivity index (χ2v) is 5.02. The Bertz CT molecular complexity index is 591. The molecule has 2 aromatic heterocycles. The van der Waals surface area contributed by atoms with Gasteiger partial charge in [-0.25, -0.2) is 0 Å². The van der Waals surface area contributed by atoms with Gasteiger partial charge in [-0.2, -0.15) is 10.1 Å². The van der Waals surface area contributed by atoms with E-state index in [1.54, 1.807) is 10.7 Å². The normalized spacial score (nSPS) is 10.8. The first-order valence-corrected chi connectivity index (χ1v) is 6.62. The summed E-state index contributed by atoms with van der Waals surface area (Å²) in [7, 11) is 1.91. The van der Waals surface area contributed by atoms with Crippen LogP contribution in [0.2, 0.25) is 0 Å². The number of hydrogen-bond acceptors (Lipinski definition) is 5. The van der Waals surface area contributed by atoms with Crippen molar-refractivity contribution in [3.8, 4) is 5.88 Å². The fourth-order valence-corrected chi connectivity index (χ4v) is 1.88. The predicted molar refractivity (Wildman–Crippen MR) is 79.7 cm³/mol. The average molecular weight is 275 g/mol. The fourth-order valence-electron chi connectivity index (χ4n) is 1.88. The molecule has 6 heteroatoms. The lowest BCUT2D eigenvalue weighted by molar-refractivity contribution is 0.234. The molecule has 0 atom stereocenters. The summed E-state index contributed by atoms with van der Waals surface area (Å²) in [6.07, 6.45) is 2.03. The Hall–Kier alpha value is -2.24. The highest BCUT2D eigenvalue weighted by atomic mass is 16.5. The maximum absolute atomic E-state index is 5.84. The van der Waals surface area contributed by atoms with Crippen LogP contribution < -0.4 is 15.8 Å². The average Bonchev–Trinajstić information content (AvgIpc) is 2.68. The van der Waals surface area contributed by atoms with Crippen molar-refractivity contribution in [2.24, 2.45) is 7.05 Å². The maximum Gasteiger partial charge on any atom is 0.239 e. The minimum atomic E-state index is 0.0422. The minimum Gasteiger partial charge on any atom is -0.473 e. The number of nitrogens with one attached hydrogen (secondary N) is 1. The number of ether oxygens (including phenoxy) is 1. The number of rotatable bonds is 5. The number of pyridine rings is 1. The van der Waals surface area contributed by atoms with Gasteiger partial charge in [0.25, 0.3) is 0 Å². The quantitative estimate of drug-likeness (QED) is 0.873. The highest BCUT2D eigenvalue weighted by molar-refractivity contribution is 5.53. The van der Waals surface area contributed by atoms with Crippen LogP contribution in [0, 0.1) is 6.92 Å². The Labute approximate surface area is 119 Å². The number of hydrogen-bond donors (Lipinski definition) is 2. The zero-order valence-corrected chi connectivity index (χ0v) is 12.3. The number of aryl methyl sites for hydroxylation is 2. The van der Waals surface area contributed by atoms with E-state index in [2.05, 4.69) is 15.4 Å². The molecule has 0 bridgehead atoms. The maximum atomic E-state index is 5.84. The molecule has 0 spiro atoms. The second kappa shape index (κ2) is 5.81. The van der Waals surface area contributed by atoms with Crippen molar-refractivity contribution in [3.05, 3.63) is 29.6 Å². The van der Waals surface area contributed by atoms with E-state index in [1.807, 2.05) is 40.1 Å². The molecule has 20 heavy (non-hydrogen) atoms. The van der Waals surface area contributed by atoms with Gasteiger partial charge >= 0.3 is 0 Å². The van der Waals surface area contributed by atoms with E-state index >= 15 is 0 Å². The molecule has 0 aliphatic carbocycles. The van der Waals surface area contributed by atoms with E-state index in [4.69, 9.17) is 10.5 Å². The smallest absolute Gasteiger partial charge is 0.239 e. The molecule has 0 aliphatic heterocycles. The van der Waals surface area contributed by atoms with E-state index in [0.717, 1.165) is 17.1 Å². The summed E-state index contributed by atoms with van der Waals surface area (Å²) < 4.78 is 7.37. The van der Waals surface area contributed by atoms with E-state index in [9.17, 15) is 0 Å². The van der Waals surface area contributed by atoms with Gasteiger partial charge in [-0.05, 0) is 32.9 Å². The molecule has 0 unspecified atom stereocenters. The Morgan fingerprint density at radius 3 is 2.75 bits per heavy atom. The fraction of sp³-hybridized carbons (Fsp3) is 0.429. The Kier molecular flexibility index (Phi) is 4.12. The van der Waals surface area contributed by atoms with Gasteiger partial charge < -0.3 is 15.8 Å². The Morgan fingerprint density at radius 1 is 1.40 bits per heavy atom. The molecule has 3 N–H and O–H groups in total. The molecule has 0 aliphatic rings. The van der Waals surface area contributed by atoms with Crippen molar-refractivity contribution < 1.29 is 4.74 Å². The zero-order chi connectivity index (χ0) is 14.7. The van der Waals surface area contributed by atoms with Gasteiger partial charge in [0, 0.05) is 25.4 Å². The second-order valence-electron chi connectivity index (χ2n) is 5.02. The van der Waals surface area contributed by atoms with E-state index < -0.39 is 0 Å². The minimum absolute atomic E-state index is 0.0422. The summed E-state index contributed by atoms with van der Waals surface area (Å²) in [4.78, 5) is 4.38. The largest absolute Gasteiger partial charge is 0.473 e. The molecular weight excluding hydrogens is 254 g/mol. The third-order valence-corrected chi connectivity index (χ3v) is 2.81. The van der Waals surface area contributed by atoms with Crippen molar-refractivity contribution >= 4 is 11.5 Å². The van der Waals surface area contributed by atoms with E-state index in [0.29, 0.717) is 18.1 Å². The van der Waals surface area contributed by atoms with Crippen LogP contribution in [0.1, 0.15) is 25.1 Å². The molecule has 0 fully saturated rings. The van der Waals surface area contributed by atoms with Crippen LogP contribution >= 0.6 is 0 Å². The lowest BCUT2D eigenvalue weighted by Crippen LogP contribution is -2.10. The topological polar surface area (TPSA) is 78.0 Å². The monoisotopic (exact) mass is 275 g/mol. The van der Waals surface area contributed by atoms with Crippen molar-refractivity contribution in [3.63, 3.8) is 0 Å². The summed E-state index contributed by atoms with van der Waals surface area (Å²) in [5, 5.41) is 7.56. The first-order valence-electron chi connectivity index (χ1n) is 6.62. The van der Waals surface area contributed by atoms with Gasteiger partial charge in [-0.3, -0.25) is 4.68 Å². The Morgan fingerprint density at radius 2 is 2.15 bits per heavy atom. The highest BCUT2D eigenvalue weighted by Crippen LogP contribution is 2.22. The number of anilines is 2. The predicted octanol–water partition coefficient (Wildman–Crippen LogP) is 2.11. The molecule has 0 saturated carbocycles. The molecule has 0 saturated heterocycles. The number of aromatic nitrogens is 3. The van der Waals surface area contributed by atoms with Crippen LogP contribution in [-0.4, -0.2) is 20.9 Å². The van der Waals surface area contributed by atoms with Gasteiger partial charge in [0.1, 0.15) is 5.82 Å². The lowest BCUT2D eigenvalue weighted by Gasteiger charge is -2.12. The van der Waals surface area contributed by atoms with Gasteiger partial charge in [0.2, 0.25) is 5.88 Å². The van der Waals surface area contributed by atoms with Gasteiger partial charge in [-0.1, -0.05) is 0 Å². The van der Waals surface area contributed by atoms with Gasteiger partial charge in [-0.15, -0.1) is 0 Å². The van der Waals surface area contributed by atoms with Crippen LogP contribution in [-0.2, 0) is 13.6 Å². The third kappa shape index (κ3) is 3.40. The first kappa shape index (κ1) is 14.2. The van der Waals surface area contributed by atoms with Crippen LogP contribution in [0.3, 0.4) is 0 Å². The highest BCUT2D eigenvalue weighted by Gasteiger charge is 2.07. The summed E-state index contributed by atoms with van der Waals surface area (Å²) in [6.45, 7) is 6.54. The van der Waals surface area contributed by atoms with Crippen molar-refractivity contribution in [2.45, 2.75) is 33.4 Å². The van der Waals surface area contributed by atoms with E-state index in [1.165, 1.54) is 0 Å². The third-order valence-electron chi connectivity index (χ3n) is 2.81.